The average Bonchev–Trinajstić information content (AvgIpc) is 2.38. The zero-order valence-corrected chi connectivity index (χ0v) is 13.2. The van der Waals surface area contributed by atoms with Gasteiger partial charge in [0.15, 0.2) is 0 Å². The van der Waals surface area contributed by atoms with E-state index in [0.29, 0.717) is 6.54 Å². The van der Waals surface area contributed by atoms with Crippen LogP contribution in [0.15, 0.2) is 24.3 Å². The number of sulfonamides is 1. The van der Waals surface area contributed by atoms with Gasteiger partial charge in [0.25, 0.3) is 0 Å². The maximum absolute atomic E-state index is 12.2. The van der Waals surface area contributed by atoms with Gasteiger partial charge in [-0.05, 0) is 38.2 Å². The van der Waals surface area contributed by atoms with Crippen LogP contribution in [-0.4, -0.2) is 57.0 Å². The van der Waals surface area contributed by atoms with Gasteiger partial charge >= 0.3 is 0 Å². The molecule has 0 saturated carbocycles. The summed E-state index contributed by atoms with van der Waals surface area (Å²) >= 11 is 0. The van der Waals surface area contributed by atoms with Crippen molar-refractivity contribution in [2.75, 3.05) is 34.2 Å². The number of hydrogen-bond donors (Lipinski definition) is 1. The molecule has 114 valence electrons. The molecule has 0 fully saturated rings. The number of aliphatic hydroxyl groups excluding tert-OH is 1. The molecule has 0 saturated heterocycles. The molecule has 0 heterocycles. The van der Waals surface area contributed by atoms with E-state index >= 15 is 0 Å². The average molecular weight is 300 g/mol. The highest BCUT2D eigenvalue weighted by Gasteiger charge is 2.18. The van der Waals surface area contributed by atoms with Crippen LogP contribution >= 0.6 is 0 Å². The lowest BCUT2D eigenvalue weighted by atomic mass is 10.2. The van der Waals surface area contributed by atoms with Gasteiger partial charge in [-0.2, -0.15) is 0 Å². The second-order valence-corrected chi connectivity index (χ2v) is 7.29. The summed E-state index contributed by atoms with van der Waals surface area (Å²) in [5.74, 6) is -0.00280. The Kier molecular flexibility index (Phi) is 6.61. The first-order valence-electron chi connectivity index (χ1n) is 6.62. The number of hydrogen-bond acceptors (Lipinski definition) is 4. The zero-order valence-electron chi connectivity index (χ0n) is 12.4. The monoisotopic (exact) mass is 300 g/mol. The summed E-state index contributed by atoms with van der Waals surface area (Å²) in [7, 11) is 2.28. The third kappa shape index (κ3) is 5.58. The van der Waals surface area contributed by atoms with Crippen molar-refractivity contribution < 1.29 is 13.5 Å². The Morgan fingerprint density at radius 1 is 1.00 bits per heavy atom. The highest BCUT2D eigenvalue weighted by molar-refractivity contribution is 7.88. The van der Waals surface area contributed by atoms with Gasteiger partial charge in [0.05, 0.1) is 12.4 Å². The summed E-state index contributed by atoms with van der Waals surface area (Å²) in [6.07, 6.45) is 0.812. The lowest BCUT2D eigenvalue weighted by Crippen LogP contribution is -2.30. The minimum Gasteiger partial charge on any atom is -0.392 e. The summed E-state index contributed by atoms with van der Waals surface area (Å²) < 4.78 is 25.8. The van der Waals surface area contributed by atoms with Crippen molar-refractivity contribution in [1.82, 2.24) is 9.21 Å². The molecule has 0 bridgehead atoms. The van der Waals surface area contributed by atoms with E-state index in [1.54, 1.807) is 31.3 Å². The highest BCUT2D eigenvalue weighted by Crippen LogP contribution is 2.11. The largest absolute Gasteiger partial charge is 0.392 e. The van der Waals surface area contributed by atoms with E-state index in [0.717, 1.165) is 24.1 Å². The molecule has 0 unspecified atom stereocenters. The molecular formula is C14H24N2O3S. The van der Waals surface area contributed by atoms with E-state index in [1.807, 2.05) is 19.0 Å². The zero-order chi connectivity index (χ0) is 15.2. The molecule has 0 aliphatic heterocycles. The number of aliphatic hydroxyl groups is 1. The smallest absolute Gasteiger partial charge is 0.218 e. The van der Waals surface area contributed by atoms with Crippen molar-refractivity contribution in [3.8, 4) is 0 Å². The normalized spacial score (nSPS) is 12.3. The maximum atomic E-state index is 12.2. The van der Waals surface area contributed by atoms with Crippen molar-refractivity contribution in [3.05, 3.63) is 35.4 Å². The summed E-state index contributed by atoms with van der Waals surface area (Å²) in [5, 5.41) is 8.96. The molecule has 1 rings (SSSR count). The topological polar surface area (TPSA) is 60.9 Å². The minimum atomic E-state index is -3.28. The van der Waals surface area contributed by atoms with Crippen LogP contribution in [0.4, 0.5) is 0 Å². The number of nitrogens with zero attached hydrogens (tertiary/aromatic N) is 2. The van der Waals surface area contributed by atoms with Crippen molar-refractivity contribution in [2.45, 2.75) is 18.8 Å². The molecule has 0 aliphatic carbocycles. The SMILES string of the molecule is CN(C)CCCN(C)S(=O)(=O)Cc1ccc(CO)cc1. The first-order valence-corrected chi connectivity index (χ1v) is 8.23. The van der Waals surface area contributed by atoms with Crippen LogP contribution in [0.25, 0.3) is 0 Å². The van der Waals surface area contributed by atoms with Crippen LogP contribution < -0.4 is 0 Å². The Bertz CT molecular complexity index is 498. The van der Waals surface area contributed by atoms with Gasteiger partial charge < -0.3 is 10.0 Å². The molecule has 1 N–H and O–H groups in total. The standard InChI is InChI=1S/C14H24N2O3S/c1-15(2)9-4-10-16(3)20(18,19)12-14-7-5-13(11-17)6-8-14/h5-8,17H,4,9-12H2,1-3H3. The van der Waals surface area contributed by atoms with Gasteiger partial charge in [0.2, 0.25) is 10.0 Å². The molecule has 5 nitrogen and oxygen atoms in total. The van der Waals surface area contributed by atoms with Crippen LogP contribution in [0.3, 0.4) is 0 Å². The summed E-state index contributed by atoms with van der Waals surface area (Å²) in [6.45, 7) is 1.36. The number of rotatable bonds is 8. The molecule has 6 heteroatoms. The molecule has 0 aromatic heterocycles. The first-order chi connectivity index (χ1) is 9.35. The van der Waals surface area contributed by atoms with Crippen molar-refractivity contribution >= 4 is 10.0 Å². The summed E-state index contributed by atoms with van der Waals surface area (Å²) in [6, 6.07) is 6.99. The van der Waals surface area contributed by atoms with E-state index in [2.05, 4.69) is 0 Å². The van der Waals surface area contributed by atoms with E-state index < -0.39 is 10.0 Å². The Labute approximate surface area is 121 Å². The lowest BCUT2D eigenvalue weighted by molar-refractivity contribution is 0.282. The van der Waals surface area contributed by atoms with Gasteiger partial charge in [-0.15, -0.1) is 0 Å². The van der Waals surface area contributed by atoms with Crippen LogP contribution in [-0.2, 0) is 22.4 Å². The summed E-state index contributed by atoms with van der Waals surface area (Å²) in [4.78, 5) is 2.04. The molecule has 0 atom stereocenters. The van der Waals surface area contributed by atoms with Crippen LogP contribution in [0, 0.1) is 0 Å². The van der Waals surface area contributed by atoms with E-state index in [-0.39, 0.29) is 12.4 Å². The fourth-order valence-electron chi connectivity index (χ4n) is 1.81. The van der Waals surface area contributed by atoms with Crippen molar-refractivity contribution in [3.63, 3.8) is 0 Å². The molecule has 0 aliphatic rings. The minimum absolute atomic E-state index is 0.00280. The summed E-state index contributed by atoms with van der Waals surface area (Å²) in [5.41, 5.74) is 1.52. The van der Waals surface area contributed by atoms with Gasteiger partial charge in [-0.25, -0.2) is 12.7 Å². The Balaban J connectivity index is 2.58. The second kappa shape index (κ2) is 7.73. The molecule has 1 aromatic rings. The molecule has 20 heavy (non-hydrogen) atoms. The van der Waals surface area contributed by atoms with E-state index in [9.17, 15) is 8.42 Å². The predicted molar refractivity (Wildman–Crippen MR) is 80.8 cm³/mol. The van der Waals surface area contributed by atoms with Crippen molar-refractivity contribution in [2.24, 2.45) is 0 Å². The van der Waals surface area contributed by atoms with E-state index in [1.165, 1.54) is 4.31 Å². The third-order valence-corrected chi connectivity index (χ3v) is 4.94. The van der Waals surface area contributed by atoms with Gasteiger partial charge in [0, 0.05) is 13.6 Å². The van der Waals surface area contributed by atoms with Crippen LogP contribution in [0.5, 0.6) is 0 Å². The molecule has 0 spiro atoms. The Morgan fingerprint density at radius 3 is 2.05 bits per heavy atom. The van der Waals surface area contributed by atoms with Gasteiger partial charge in [-0.3, -0.25) is 0 Å². The highest BCUT2D eigenvalue weighted by atomic mass is 32.2. The Hall–Kier alpha value is -0.950. The van der Waals surface area contributed by atoms with E-state index in [4.69, 9.17) is 5.11 Å². The quantitative estimate of drug-likeness (QED) is 0.774. The maximum Gasteiger partial charge on any atom is 0.218 e. The van der Waals surface area contributed by atoms with Crippen LogP contribution in [0.1, 0.15) is 17.5 Å². The molecular weight excluding hydrogens is 276 g/mol. The van der Waals surface area contributed by atoms with Crippen molar-refractivity contribution in [1.29, 1.82) is 0 Å². The molecule has 1 aromatic carbocycles. The first kappa shape index (κ1) is 17.1. The predicted octanol–water partition coefficient (Wildman–Crippen LogP) is 0.892. The number of benzene rings is 1. The molecule has 0 radical (unpaired) electrons. The fourth-order valence-corrected chi connectivity index (χ4v) is 3.05. The fraction of sp³-hybridized carbons (Fsp3) is 0.571. The van der Waals surface area contributed by atoms with Gasteiger partial charge in [-0.1, -0.05) is 24.3 Å². The second-order valence-electron chi connectivity index (χ2n) is 5.21. The molecule has 0 amide bonds. The van der Waals surface area contributed by atoms with Gasteiger partial charge in [0.1, 0.15) is 0 Å². The lowest BCUT2D eigenvalue weighted by Gasteiger charge is -2.18. The Morgan fingerprint density at radius 2 is 1.55 bits per heavy atom. The van der Waals surface area contributed by atoms with Crippen LogP contribution in [0.2, 0.25) is 0 Å². The third-order valence-electron chi connectivity index (χ3n) is 3.11.